The molecule has 0 radical (unpaired) electrons. The fourth-order valence-electron chi connectivity index (χ4n) is 2.08. The van der Waals surface area contributed by atoms with Gasteiger partial charge in [0.15, 0.2) is 0 Å². The van der Waals surface area contributed by atoms with Crippen LogP contribution in [0.5, 0.6) is 0 Å². The Hall–Kier alpha value is -2.38. The quantitative estimate of drug-likeness (QED) is 0.472. The van der Waals surface area contributed by atoms with Crippen LogP contribution in [0, 0.1) is 10.1 Å². The molecule has 0 aliphatic rings. The maximum Gasteiger partial charge on any atom is 0.333 e. The van der Waals surface area contributed by atoms with E-state index in [9.17, 15) is 10.1 Å². The number of anilines is 1. The Labute approximate surface area is 116 Å². The number of hydrogen-bond acceptors (Lipinski definition) is 5. The molecule has 8 heteroatoms. The van der Waals surface area contributed by atoms with Crippen LogP contribution in [0.25, 0.3) is 0 Å². The molecule has 0 saturated carbocycles. The minimum absolute atomic E-state index is 0.0811. The van der Waals surface area contributed by atoms with E-state index >= 15 is 0 Å². The molecule has 1 N–H and O–H groups in total. The topological polar surface area (TPSA) is 90.8 Å². The van der Waals surface area contributed by atoms with Crippen LogP contribution < -0.4 is 5.32 Å². The second-order valence-electron chi connectivity index (χ2n) is 4.46. The highest BCUT2D eigenvalue weighted by atomic mass is 16.6. The standard InChI is InChI=1S/C12H18N6O2/c1-3-10-11(18(19)20)12(16(2)15-10)14-5-4-7-17-8-6-13-9-17/h6,8-9,14H,3-5,7H2,1-2H3. The smallest absolute Gasteiger partial charge is 0.333 e. The summed E-state index contributed by atoms with van der Waals surface area (Å²) < 4.78 is 3.50. The summed E-state index contributed by atoms with van der Waals surface area (Å²) in [6.07, 6.45) is 6.76. The van der Waals surface area contributed by atoms with Crippen LogP contribution in [0.2, 0.25) is 0 Å². The molecule has 8 nitrogen and oxygen atoms in total. The summed E-state index contributed by atoms with van der Waals surface area (Å²) in [5.74, 6) is 0.470. The summed E-state index contributed by atoms with van der Waals surface area (Å²) in [4.78, 5) is 14.7. The monoisotopic (exact) mass is 278 g/mol. The van der Waals surface area contributed by atoms with Crippen molar-refractivity contribution in [1.29, 1.82) is 0 Å². The van der Waals surface area contributed by atoms with Gasteiger partial charge in [-0.1, -0.05) is 6.92 Å². The van der Waals surface area contributed by atoms with Gasteiger partial charge in [0.2, 0.25) is 5.82 Å². The fraction of sp³-hybridized carbons (Fsp3) is 0.500. The lowest BCUT2D eigenvalue weighted by Crippen LogP contribution is -2.10. The van der Waals surface area contributed by atoms with Crippen molar-refractivity contribution < 1.29 is 4.92 Å². The largest absolute Gasteiger partial charge is 0.364 e. The van der Waals surface area contributed by atoms with Gasteiger partial charge in [-0.05, 0) is 12.8 Å². The average Bonchev–Trinajstić information content (AvgIpc) is 3.02. The third kappa shape index (κ3) is 2.95. The van der Waals surface area contributed by atoms with E-state index in [0.717, 1.165) is 13.0 Å². The molecule has 0 aliphatic carbocycles. The van der Waals surface area contributed by atoms with Gasteiger partial charge in [0.25, 0.3) is 0 Å². The molecule has 0 atom stereocenters. The van der Waals surface area contributed by atoms with Crippen LogP contribution >= 0.6 is 0 Å². The van der Waals surface area contributed by atoms with Gasteiger partial charge in [0.1, 0.15) is 5.69 Å². The number of aromatic nitrogens is 4. The van der Waals surface area contributed by atoms with Crippen molar-refractivity contribution in [2.45, 2.75) is 26.3 Å². The Morgan fingerprint density at radius 2 is 2.30 bits per heavy atom. The third-order valence-corrected chi connectivity index (χ3v) is 3.05. The molecule has 108 valence electrons. The maximum atomic E-state index is 11.1. The first-order chi connectivity index (χ1) is 9.63. The predicted molar refractivity (Wildman–Crippen MR) is 74.6 cm³/mol. The number of aryl methyl sites for hydroxylation is 3. The van der Waals surface area contributed by atoms with Gasteiger partial charge in [-0.2, -0.15) is 5.10 Å². The van der Waals surface area contributed by atoms with E-state index < -0.39 is 0 Å². The van der Waals surface area contributed by atoms with E-state index in [4.69, 9.17) is 0 Å². The van der Waals surface area contributed by atoms with Crippen molar-refractivity contribution >= 4 is 11.5 Å². The molecule has 2 aromatic rings. The predicted octanol–water partition coefficient (Wildman–Crippen LogP) is 1.59. The molecule has 0 aromatic carbocycles. The number of nitrogens with one attached hydrogen (secondary N) is 1. The number of rotatable bonds is 7. The summed E-state index contributed by atoms with van der Waals surface area (Å²) in [6, 6.07) is 0. The van der Waals surface area contributed by atoms with Crippen molar-refractivity contribution in [3.8, 4) is 0 Å². The molecule has 0 aliphatic heterocycles. The van der Waals surface area contributed by atoms with E-state index in [-0.39, 0.29) is 10.6 Å². The number of nitrogens with zero attached hydrogens (tertiary/aromatic N) is 5. The SMILES string of the molecule is CCc1nn(C)c(NCCCn2ccnc2)c1[N+](=O)[O-]. The normalized spacial score (nSPS) is 10.7. The van der Waals surface area contributed by atoms with Gasteiger partial charge in [0, 0.05) is 32.5 Å². The minimum Gasteiger partial charge on any atom is -0.364 e. The van der Waals surface area contributed by atoms with Gasteiger partial charge in [-0.25, -0.2) is 9.67 Å². The second kappa shape index (κ2) is 6.18. The van der Waals surface area contributed by atoms with E-state index in [2.05, 4.69) is 15.4 Å². The van der Waals surface area contributed by atoms with Crippen molar-refractivity contribution in [2.75, 3.05) is 11.9 Å². The molecular formula is C12H18N6O2. The highest BCUT2D eigenvalue weighted by Gasteiger charge is 2.24. The number of hydrogen-bond donors (Lipinski definition) is 1. The maximum absolute atomic E-state index is 11.1. The van der Waals surface area contributed by atoms with Crippen molar-refractivity contribution in [2.24, 2.45) is 7.05 Å². The minimum atomic E-state index is -0.371. The van der Waals surface area contributed by atoms with Crippen LogP contribution in [0.1, 0.15) is 19.0 Å². The van der Waals surface area contributed by atoms with Gasteiger partial charge >= 0.3 is 5.69 Å². The highest BCUT2D eigenvalue weighted by Crippen LogP contribution is 2.28. The molecule has 2 heterocycles. The first kappa shape index (κ1) is 14.0. The third-order valence-electron chi connectivity index (χ3n) is 3.05. The summed E-state index contributed by atoms with van der Waals surface area (Å²) >= 11 is 0. The fourth-order valence-corrected chi connectivity index (χ4v) is 2.08. The van der Waals surface area contributed by atoms with Gasteiger partial charge in [0.05, 0.1) is 11.3 Å². The zero-order valence-corrected chi connectivity index (χ0v) is 11.6. The van der Waals surface area contributed by atoms with Crippen LogP contribution in [0.15, 0.2) is 18.7 Å². The summed E-state index contributed by atoms with van der Waals surface area (Å²) in [7, 11) is 1.71. The van der Waals surface area contributed by atoms with Gasteiger partial charge in [-0.3, -0.25) is 10.1 Å². The van der Waals surface area contributed by atoms with Crippen molar-refractivity contribution in [3.63, 3.8) is 0 Å². The van der Waals surface area contributed by atoms with Crippen LogP contribution in [0.3, 0.4) is 0 Å². The Balaban J connectivity index is 1.98. The van der Waals surface area contributed by atoms with Gasteiger partial charge < -0.3 is 9.88 Å². The summed E-state index contributed by atoms with van der Waals surface area (Å²) in [6.45, 7) is 3.32. The van der Waals surface area contributed by atoms with Crippen molar-refractivity contribution in [3.05, 3.63) is 34.5 Å². The first-order valence-corrected chi connectivity index (χ1v) is 6.53. The lowest BCUT2D eigenvalue weighted by molar-refractivity contribution is -0.384. The summed E-state index contributed by atoms with van der Waals surface area (Å²) in [5.41, 5.74) is 0.590. The van der Waals surface area contributed by atoms with Crippen LogP contribution in [-0.4, -0.2) is 30.8 Å². The molecule has 0 bridgehead atoms. The Morgan fingerprint density at radius 3 is 2.90 bits per heavy atom. The molecule has 20 heavy (non-hydrogen) atoms. The molecule has 2 rings (SSSR count). The Bertz CT molecular complexity index is 575. The molecule has 0 fully saturated rings. The number of imidazole rings is 1. The molecule has 0 amide bonds. The van der Waals surface area contributed by atoms with Crippen LogP contribution in [0.4, 0.5) is 11.5 Å². The molecule has 0 spiro atoms. The first-order valence-electron chi connectivity index (χ1n) is 6.53. The lowest BCUT2D eigenvalue weighted by Gasteiger charge is -2.06. The Kier molecular flexibility index (Phi) is 4.34. The average molecular weight is 278 g/mol. The van der Waals surface area contributed by atoms with Crippen LogP contribution in [-0.2, 0) is 20.0 Å². The van der Waals surface area contributed by atoms with E-state index in [1.807, 2.05) is 17.7 Å². The molecule has 0 saturated heterocycles. The number of nitro groups is 1. The zero-order valence-electron chi connectivity index (χ0n) is 11.6. The molecular weight excluding hydrogens is 260 g/mol. The summed E-state index contributed by atoms with van der Waals surface area (Å²) in [5, 5.41) is 18.4. The van der Waals surface area contributed by atoms with E-state index in [0.29, 0.717) is 24.5 Å². The lowest BCUT2D eigenvalue weighted by atomic mass is 10.3. The highest BCUT2D eigenvalue weighted by molar-refractivity contribution is 5.59. The zero-order chi connectivity index (χ0) is 14.5. The van der Waals surface area contributed by atoms with Gasteiger partial charge in [-0.15, -0.1) is 0 Å². The molecule has 2 aromatic heterocycles. The molecule has 0 unspecified atom stereocenters. The van der Waals surface area contributed by atoms with Crippen molar-refractivity contribution in [1.82, 2.24) is 19.3 Å². The Morgan fingerprint density at radius 1 is 1.50 bits per heavy atom. The second-order valence-corrected chi connectivity index (χ2v) is 4.46. The van der Waals surface area contributed by atoms with E-state index in [1.165, 1.54) is 4.68 Å². The van der Waals surface area contributed by atoms with E-state index in [1.54, 1.807) is 19.6 Å².